The van der Waals surface area contributed by atoms with Crippen molar-refractivity contribution < 1.29 is 14.3 Å². The largest absolute Gasteiger partial charge is 0.491 e. The van der Waals surface area contributed by atoms with E-state index in [9.17, 15) is 9.59 Å². The third kappa shape index (κ3) is 5.64. The van der Waals surface area contributed by atoms with Gasteiger partial charge in [0, 0.05) is 37.6 Å². The van der Waals surface area contributed by atoms with E-state index in [1.807, 2.05) is 46.3 Å². The summed E-state index contributed by atoms with van der Waals surface area (Å²) in [6, 6.07) is 18.1. The number of carbonyl (C=O) groups excluding carboxylic acids is 2. The number of hydrogen-bond acceptors (Lipinski definition) is 4. The van der Waals surface area contributed by atoms with Crippen LogP contribution in [0.3, 0.4) is 0 Å². The molecule has 0 radical (unpaired) electrons. The van der Waals surface area contributed by atoms with E-state index in [1.54, 1.807) is 0 Å². The van der Waals surface area contributed by atoms with Crippen molar-refractivity contribution in [2.75, 3.05) is 32.8 Å². The highest BCUT2D eigenvalue weighted by molar-refractivity contribution is 5.97. The number of ether oxygens (including phenoxy) is 1. The lowest BCUT2D eigenvalue weighted by Crippen LogP contribution is -2.33. The zero-order valence-corrected chi connectivity index (χ0v) is 20.2. The third-order valence-corrected chi connectivity index (χ3v) is 7.23. The highest BCUT2D eigenvalue weighted by Gasteiger charge is 2.24. The fraction of sp³-hybridized carbons (Fsp3) is 0.414. The predicted octanol–water partition coefficient (Wildman–Crippen LogP) is 4.72. The van der Waals surface area contributed by atoms with Gasteiger partial charge in [-0.25, -0.2) is 0 Å². The fourth-order valence-electron chi connectivity index (χ4n) is 5.30. The zero-order chi connectivity index (χ0) is 24.0. The van der Waals surface area contributed by atoms with Crippen LogP contribution in [0.2, 0.25) is 0 Å². The van der Waals surface area contributed by atoms with Crippen LogP contribution in [0.15, 0.2) is 60.8 Å². The Kier molecular flexibility index (Phi) is 7.26. The summed E-state index contributed by atoms with van der Waals surface area (Å²) in [5, 5.41) is 1.18. The van der Waals surface area contributed by atoms with E-state index in [-0.39, 0.29) is 11.8 Å². The molecule has 1 aromatic heterocycles. The monoisotopic (exact) mass is 471 g/mol. The van der Waals surface area contributed by atoms with Gasteiger partial charge >= 0.3 is 0 Å². The molecule has 0 unspecified atom stereocenters. The summed E-state index contributed by atoms with van der Waals surface area (Å²) >= 11 is 0. The van der Waals surface area contributed by atoms with Crippen LogP contribution in [0, 0.1) is 5.92 Å². The molecule has 2 fully saturated rings. The molecule has 2 saturated heterocycles. The number of likely N-dealkylation sites (tertiary alicyclic amines) is 2. The lowest BCUT2D eigenvalue weighted by atomic mass is 9.92. The molecule has 6 heteroatoms. The zero-order valence-electron chi connectivity index (χ0n) is 20.2. The van der Waals surface area contributed by atoms with Gasteiger partial charge in [0.05, 0.1) is 17.6 Å². The number of benzene rings is 2. The van der Waals surface area contributed by atoms with Gasteiger partial charge in [0.1, 0.15) is 12.4 Å². The second-order valence-electron chi connectivity index (χ2n) is 9.65. The molecular formula is C29H33N3O3. The maximum Gasteiger partial charge on any atom is 0.257 e. The van der Waals surface area contributed by atoms with Gasteiger partial charge in [-0.15, -0.1) is 0 Å². The third-order valence-electron chi connectivity index (χ3n) is 7.23. The van der Waals surface area contributed by atoms with E-state index in [2.05, 4.69) is 29.2 Å². The molecule has 182 valence electrons. The molecule has 2 aromatic carbocycles. The predicted molar refractivity (Wildman–Crippen MR) is 136 cm³/mol. The van der Waals surface area contributed by atoms with E-state index in [0.717, 1.165) is 57.3 Å². The summed E-state index contributed by atoms with van der Waals surface area (Å²) in [5.41, 5.74) is 2.98. The Bertz CT molecular complexity index is 1190. The van der Waals surface area contributed by atoms with E-state index in [0.29, 0.717) is 36.8 Å². The average Bonchev–Trinajstić information content (AvgIpc) is 3.15. The van der Waals surface area contributed by atoms with Crippen LogP contribution in [-0.4, -0.2) is 59.4 Å². The molecule has 0 aliphatic carbocycles. The minimum atomic E-state index is 0.0373. The van der Waals surface area contributed by atoms with Crippen molar-refractivity contribution in [1.82, 2.24) is 14.8 Å². The molecule has 0 saturated carbocycles. The van der Waals surface area contributed by atoms with Crippen molar-refractivity contribution in [3.63, 3.8) is 0 Å². The Balaban J connectivity index is 1.18. The molecule has 5 rings (SSSR count). The lowest BCUT2D eigenvalue weighted by Gasteiger charge is -2.23. The van der Waals surface area contributed by atoms with Crippen LogP contribution in [-0.2, 0) is 11.2 Å². The van der Waals surface area contributed by atoms with Crippen molar-refractivity contribution in [2.45, 2.75) is 38.5 Å². The number of pyridine rings is 1. The van der Waals surface area contributed by atoms with Crippen molar-refractivity contribution in [3.05, 3.63) is 71.9 Å². The van der Waals surface area contributed by atoms with Crippen LogP contribution >= 0.6 is 0 Å². The SMILES string of the molecule is O=C1CCCN1CCOc1ccccc1C(=O)N1CCC[C@@H](Cc2ccc3ncccc3c2)CC1. The summed E-state index contributed by atoms with van der Waals surface area (Å²) in [5.74, 6) is 1.40. The van der Waals surface area contributed by atoms with E-state index < -0.39 is 0 Å². The molecule has 3 heterocycles. The first kappa shape index (κ1) is 23.3. The number of fused-ring (bicyclic) bond motifs is 1. The molecular weight excluding hydrogens is 438 g/mol. The first-order valence-corrected chi connectivity index (χ1v) is 12.8. The number of para-hydroxylation sites is 1. The summed E-state index contributed by atoms with van der Waals surface area (Å²) in [7, 11) is 0. The molecule has 3 aromatic rings. The normalized spacial score (nSPS) is 18.6. The smallest absolute Gasteiger partial charge is 0.257 e. The number of hydrogen-bond donors (Lipinski definition) is 0. The first-order valence-electron chi connectivity index (χ1n) is 12.8. The fourth-order valence-corrected chi connectivity index (χ4v) is 5.30. The Morgan fingerprint density at radius 1 is 1.00 bits per heavy atom. The van der Waals surface area contributed by atoms with Gasteiger partial charge in [-0.3, -0.25) is 14.6 Å². The Morgan fingerprint density at radius 3 is 2.80 bits per heavy atom. The molecule has 0 spiro atoms. The van der Waals surface area contributed by atoms with Crippen molar-refractivity contribution in [3.8, 4) is 5.75 Å². The topological polar surface area (TPSA) is 62.7 Å². The number of aromatic nitrogens is 1. The average molecular weight is 472 g/mol. The van der Waals surface area contributed by atoms with Gasteiger partial charge in [0.25, 0.3) is 5.91 Å². The summed E-state index contributed by atoms with van der Waals surface area (Å²) in [6.45, 7) is 3.30. The molecule has 0 bridgehead atoms. The summed E-state index contributed by atoms with van der Waals surface area (Å²) in [6.07, 6.45) is 7.53. The van der Waals surface area contributed by atoms with Gasteiger partial charge in [-0.2, -0.15) is 0 Å². The molecule has 2 amide bonds. The molecule has 2 aliphatic rings. The van der Waals surface area contributed by atoms with E-state index in [4.69, 9.17) is 4.74 Å². The van der Waals surface area contributed by atoms with Gasteiger partial charge in [-0.1, -0.05) is 24.3 Å². The lowest BCUT2D eigenvalue weighted by molar-refractivity contribution is -0.128. The van der Waals surface area contributed by atoms with Crippen molar-refractivity contribution >= 4 is 22.7 Å². The molecule has 0 N–H and O–H groups in total. The van der Waals surface area contributed by atoms with Crippen molar-refractivity contribution in [2.24, 2.45) is 5.92 Å². The maximum absolute atomic E-state index is 13.4. The highest BCUT2D eigenvalue weighted by Crippen LogP contribution is 2.26. The van der Waals surface area contributed by atoms with Crippen LogP contribution in [0.5, 0.6) is 5.75 Å². The summed E-state index contributed by atoms with van der Waals surface area (Å²) < 4.78 is 5.98. The number of carbonyl (C=O) groups is 2. The molecule has 35 heavy (non-hydrogen) atoms. The van der Waals surface area contributed by atoms with E-state index >= 15 is 0 Å². The maximum atomic E-state index is 13.4. The number of rotatable bonds is 7. The highest BCUT2D eigenvalue weighted by atomic mass is 16.5. The second-order valence-corrected chi connectivity index (χ2v) is 9.65. The van der Waals surface area contributed by atoms with Crippen LogP contribution < -0.4 is 4.74 Å². The van der Waals surface area contributed by atoms with Gasteiger partial charge in [0.2, 0.25) is 5.91 Å². The molecule has 6 nitrogen and oxygen atoms in total. The number of nitrogens with zero attached hydrogens (tertiary/aromatic N) is 3. The van der Waals surface area contributed by atoms with Crippen LogP contribution in [0.1, 0.15) is 48.0 Å². The van der Waals surface area contributed by atoms with Crippen LogP contribution in [0.4, 0.5) is 0 Å². The minimum Gasteiger partial charge on any atom is -0.491 e. The first-order chi connectivity index (χ1) is 17.2. The minimum absolute atomic E-state index is 0.0373. The Hall–Kier alpha value is -3.41. The van der Waals surface area contributed by atoms with Gasteiger partial charge < -0.3 is 14.5 Å². The van der Waals surface area contributed by atoms with E-state index in [1.165, 1.54) is 10.9 Å². The Morgan fingerprint density at radius 2 is 1.91 bits per heavy atom. The standard InChI is InChI=1S/C29H33N3O3/c33-28-10-5-15-31(28)18-19-35-27-9-2-1-8-25(27)29(34)32-16-4-6-22(13-17-32)20-23-11-12-26-24(21-23)7-3-14-30-26/h1-3,7-9,11-12,14,21-22H,4-6,10,13,15-20H2/t22-/m1/s1. The summed E-state index contributed by atoms with van der Waals surface area (Å²) in [4.78, 5) is 33.5. The quantitative estimate of drug-likeness (QED) is 0.500. The second kappa shape index (κ2) is 10.9. The van der Waals surface area contributed by atoms with Gasteiger partial charge in [-0.05, 0) is 73.9 Å². The Labute approximate surface area is 206 Å². The van der Waals surface area contributed by atoms with Crippen LogP contribution in [0.25, 0.3) is 10.9 Å². The number of amides is 2. The molecule has 1 atom stereocenters. The van der Waals surface area contributed by atoms with Gasteiger partial charge in [0.15, 0.2) is 0 Å². The molecule has 2 aliphatic heterocycles. The van der Waals surface area contributed by atoms with Crippen molar-refractivity contribution in [1.29, 1.82) is 0 Å².